The molecule has 0 amide bonds. The van der Waals surface area contributed by atoms with E-state index < -0.39 is 0 Å². The topological polar surface area (TPSA) is 0 Å². The van der Waals surface area contributed by atoms with Gasteiger partial charge < -0.3 is 6.42 Å². The number of unbranched alkanes of at least 4 members (excludes halogenated alkanes) is 6. The molecule has 0 spiro atoms. The van der Waals surface area contributed by atoms with E-state index in [9.17, 15) is 0 Å². The largest absolute Gasteiger partial charge is 0.332 e. The van der Waals surface area contributed by atoms with Crippen LogP contribution in [0.1, 0.15) is 52.4 Å². The Balaban J connectivity index is 0. The number of rotatable bonds is 6. The molecule has 0 N–H and O–H groups in total. The minimum absolute atomic E-state index is 0. The summed E-state index contributed by atoms with van der Waals surface area (Å²) >= 11 is 0. The van der Waals surface area contributed by atoms with Crippen LogP contribution in [-0.2, 0) is 21.7 Å². The van der Waals surface area contributed by atoms with Crippen molar-refractivity contribution in [2.24, 2.45) is 0 Å². The normalized spacial score (nSPS) is 9.00. The van der Waals surface area contributed by atoms with Gasteiger partial charge in [0.2, 0.25) is 0 Å². The average molecular weight is 175 g/mol. The summed E-state index contributed by atoms with van der Waals surface area (Å²) in [5.41, 5.74) is 0. The Morgan fingerprint density at radius 1 is 1.00 bits per heavy atom. The summed E-state index contributed by atoms with van der Waals surface area (Å²) in [5, 5.41) is 0. The second-order valence-corrected chi connectivity index (χ2v) is 2.61. The van der Waals surface area contributed by atoms with Gasteiger partial charge in [-0.2, -0.15) is 13.3 Å². The van der Waals surface area contributed by atoms with E-state index in [-0.39, 0.29) is 21.7 Å². The Bertz CT molecular complexity index is 38.0. The first-order valence-corrected chi connectivity index (χ1v) is 4.19. The molecule has 10 heavy (non-hydrogen) atoms. The molecule has 0 aromatic rings. The van der Waals surface area contributed by atoms with Gasteiger partial charge in [0.1, 0.15) is 0 Å². The average Bonchev–Trinajstić information content (AvgIpc) is 1.89. The zero-order valence-electron chi connectivity index (χ0n) is 7.32. The maximum atomic E-state index is 2.26. The minimum atomic E-state index is 0. The summed E-state index contributed by atoms with van der Waals surface area (Å²) in [6, 6.07) is 0. The van der Waals surface area contributed by atoms with Gasteiger partial charge in [-0.15, -0.1) is 0 Å². The predicted molar refractivity (Wildman–Crippen MR) is 43.4 cm³/mol. The number of hydrogen-bond donors (Lipinski definition) is 0. The van der Waals surface area contributed by atoms with Crippen molar-refractivity contribution in [1.82, 2.24) is 0 Å². The Morgan fingerprint density at radius 3 is 2.10 bits per heavy atom. The second kappa shape index (κ2) is 12.4. The Labute approximate surface area is 80.7 Å². The molecule has 60 valence electrons. The van der Waals surface area contributed by atoms with Crippen molar-refractivity contribution in [2.75, 3.05) is 0 Å². The molecule has 0 aromatic carbocycles. The Morgan fingerprint density at radius 2 is 1.60 bits per heavy atom. The first-order valence-electron chi connectivity index (χ1n) is 4.19. The van der Waals surface area contributed by atoms with Crippen LogP contribution in [0.15, 0.2) is 0 Å². The van der Waals surface area contributed by atoms with Crippen LogP contribution in [0.5, 0.6) is 0 Å². The molecule has 0 saturated carbocycles. The molecule has 0 saturated heterocycles. The monoisotopic (exact) mass is 175 g/mol. The van der Waals surface area contributed by atoms with Crippen LogP contribution in [0.2, 0.25) is 0 Å². The molecule has 0 fully saturated rings. The van der Waals surface area contributed by atoms with Crippen LogP contribution in [0.25, 0.3) is 0 Å². The van der Waals surface area contributed by atoms with Crippen molar-refractivity contribution in [3.05, 3.63) is 6.42 Å². The molecule has 0 rings (SSSR count). The van der Waals surface area contributed by atoms with E-state index in [1.54, 1.807) is 0 Å². The Kier molecular flexibility index (Phi) is 16.5. The maximum Gasteiger partial charge on any atom is 0 e. The van der Waals surface area contributed by atoms with Gasteiger partial charge in [-0.3, -0.25) is 0 Å². The van der Waals surface area contributed by atoms with Gasteiger partial charge in [-0.25, -0.2) is 0 Å². The van der Waals surface area contributed by atoms with E-state index in [4.69, 9.17) is 0 Å². The van der Waals surface area contributed by atoms with Crippen LogP contribution in [0.4, 0.5) is 0 Å². The molecule has 0 radical (unpaired) electrons. The second-order valence-electron chi connectivity index (χ2n) is 2.61. The molecule has 0 aliphatic carbocycles. The van der Waals surface area contributed by atoms with Gasteiger partial charge in [-0.1, -0.05) is 39.0 Å². The summed E-state index contributed by atoms with van der Waals surface area (Å²) in [4.78, 5) is 0. The molecule has 0 bridgehead atoms. The van der Waals surface area contributed by atoms with E-state index in [2.05, 4.69) is 20.3 Å². The zero-order chi connectivity index (χ0) is 6.95. The zero-order valence-corrected chi connectivity index (χ0v) is 8.88. The predicted octanol–water partition coefficient (Wildman–Crippen LogP) is 3.57. The smallest absolute Gasteiger partial charge is 0 e. The van der Waals surface area contributed by atoms with Crippen molar-refractivity contribution in [2.45, 2.75) is 52.4 Å². The van der Waals surface area contributed by atoms with Gasteiger partial charge >= 0.3 is 0 Å². The SMILES string of the molecule is C[CH-]CCCCCCC.[Ti]. The third kappa shape index (κ3) is 11.5. The van der Waals surface area contributed by atoms with Gasteiger partial charge in [0.25, 0.3) is 0 Å². The summed E-state index contributed by atoms with van der Waals surface area (Å²) in [6.07, 6.45) is 10.6. The first-order chi connectivity index (χ1) is 4.41. The van der Waals surface area contributed by atoms with Gasteiger partial charge in [-0.05, 0) is 0 Å². The van der Waals surface area contributed by atoms with Crippen molar-refractivity contribution >= 4 is 0 Å². The molecule has 0 heterocycles. The molecule has 0 nitrogen and oxygen atoms in total. The van der Waals surface area contributed by atoms with Crippen LogP contribution in [-0.4, -0.2) is 0 Å². The third-order valence-corrected chi connectivity index (χ3v) is 1.60. The van der Waals surface area contributed by atoms with Crippen molar-refractivity contribution in [1.29, 1.82) is 0 Å². The molecule has 0 aliphatic heterocycles. The molecule has 0 aliphatic rings. The fourth-order valence-corrected chi connectivity index (χ4v) is 0.952. The van der Waals surface area contributed by atoms with Gasteiger partial charge in [0, 0.05) is 21.7 Å². The molecule has 0 unspecified atom stereocenters. The molecule has 0 atom stereocenters. The van der Waals surface area contributed by atoms with Crippen LogP contribution >= 0.6 is 0 Å². The van der Waals surface area contributed by atoms with E-state index in [0.29, 0.717) is 0 Å². The molecular formula is C9H19Ti-. The quantitative estimate of drug-likeness (QED) is 0.329. The minimum Gasteiger partial charge on any atom is -0.332 e. The molecular weight excluding hydrogens is 156 g/mol. The summed E-state index contributed by atoms with van der Waals surface area (Å²) in [6.45, 7) is 4.39. The fourth-order valence-electron chi connectivity index (χ4n) is 0.952. The fraction of sp³-hybridized carbons (Fsp3) is 0.889. The van der Waals surface area contributed by atoms with Crippen molar-refractivity contribution in [3.8, 4) is 0 Å². The summed E-state index contributed by atoms with van der Waals surface area (Å²) in [7, 11) is 0. The van der Waals surface area contributed by atoms with E-state index in [1.165, 1.54) is 38.5 Å². The van der Waals surface area contributed by atoms with Crippen LogP contribution < -0.4 is 0 Å². The summed E-state index contributed by atoms with van der Waals surface area (Å²) < 4.78 is 0. The number of hydrogen-bond acceptors (Lipinski definition) is 0. The standard InChI is InChI=1S/C9H19.Ti/c1-3-5-7-9-8-6-4-2;/h3H,4-9H2,1-2H3;/q-1;. The first kappa shape index (κ1) is 13.3. The van der Waals surface area contributed by atoms with E-state index >= 15 is 0 Å². The van der Waals surface area contributed by atoms with Gasteiger partial charge in [0.15, 0.2) is 0 Å². The van der Waals surface area contributed by atoms with Gasteiger partial charge in [0.05, 0.1) is 0 Å². The van der Waals surface area contributed by atoms with Crippen molar-refractivity contribution in [3.63, 3.8) is 0 Å². The third-order valence-electron chi connectivity index (χ3n) is 1.60. The molecule has 1 heteroatoms. The Hall–Kier alpha value is 0.714. The van der Waals surface area contributed by atoms with Crippen LogP contribution in [0.3, 0.4) is 0 Å². The van der Waals surface area contributed by atoms with Crippen molar-refractivity contribution < 1.29 is 21.7 Å². The molecule has 0 aromatic heterocycles. The van der Waals surface area contributed by atoms with Crippen LogP contribution in [0, 0.1) is 6.42 Å². The van der Waals surface area contributed by atoms with E-state index in [1.807, 2.05) is 0 Å². The maximum absolute atomic E-state index is 2.26. The summed E-state index contributed by atoms with van der Waals surface area (Å²) in [5.74, 6) is 0. The van der Waals surface area contributed by atoms with E-state index in [0.717, 1.165) is 0 Å².